The lowest BCUT2D eigenvalue weighted by atomic mass is 10.5. The molecule has 0 aliphatic heterocycles. The average Bonchev–Trinajstić information content (AvgIpc) is 2.46. The number of nitrogens with zero attached hydrogens (tertiary/aromatic N) is 2. The van der Waals surface area contributed by atoms with Gasteiger partial charge in [-0.25, -0.2) is 9.89 Å². The van der Waals surface area contributed by atoms with Crippen molar-refractivity contribution in [2.75, 3.05) is 5.75 Å². The quantitative estimate of drug-likeness (QED) is 0.548. The van der Waals surface area contributed by atoms with Gasteiger partial charge in [0.1, 0.15) is 6.29 Å². The van der Waals surface area contributed by atoms with Gasteiger partial charge in [-0.05, 0) is 6.42 Å². The van der Waals surface area contributed by atoms with E-state index in [9.17, 15) is 9.59 Å². The molecule has 1 rings (SSSR count). The first-order valence-corrected chi connectivity index (χ1v) is 4.99. The molecule has 0 radical (unpaired) electrons. The van der Waals surface area contributed by atoms with E-state index in [0.717, 1.165) is 12.7 Å². The zero-order chi connectivity index (χ0) is 9.68. The van der Waals surface area contributed by atoms with Crippen LogP contribution >= 0.6 is 11.8 Å². The van der Waals surface area contributed by atoms with Gasteiger partial charge < -0.3 is 4.79 Å². The SMILES string of the molecule is CCCn1c(SCC=O)n[nH]c1=O. The molecule has 0 aliphatic rings. The van der Waals surface area contributed by atoms with E-state index >= 15 is 0 Å². The van der Waals surface area contributed by atoms with Gasteiger partial charge in [0.15, 0.2) is 5.16 Å². The summed E-state index contributed by atoms with van der Waals surface area (Å²) in [6.07, 6.45) is 1.66. The number of aldehydes is 1. The molecule has 1 aromatic rings. The molecule has 72 valence electrons. The van der Waals surface area contributed by atoms with Crippen LogP contribution < -0.4 is 5.69 Å². The van der Waals surface area contributed by atoms with Crippen LogP contribution in [-0.2, 0) is 11.3 Å². The summed E-state index contributed by atoms with van der Waals surface area (Å²) < 4.78 is 1.54. The summed E-state index contributed by atoms with van der Waals surface area (Å²) in [7, 11) is 0. The molecule has 0 saturated heterocycles. The Morgan fingerprint density at radius 1 is 1.69 bits per heavy atom. The van der Waals surface area contributed by atoms with Gasteiger partial charge in [-0.2, -0.15) is 0 Å². The molecule has 0 bridgehead atoms. The van der Waals surface area contributed by atoms with Crippen molar-refractivity contribution in [2.45, 2.75) is 25.0 Å². The van der Waals surface area contributed by atoms with E-state index in [1.165, 1.54) is 16.3 Å². The van der Waals surface area contributed by atoms with Crippen molar-refractivity contribution in [1.29, 1.82) is 0 Å². The number of carbonyl (C=O) groups is 1. The monoisotopic (exact) mass is 201 g/mol. The molecule has 0 unspecified atom stereocenters. The smallest absolute Gasteiger partial charge is 0.302 e. The fraction of sp³-hybridized carbons (Fsp3) is 0.571. The summed E-state index contributed by atoms with van der Waals surface area (Å²) >= 11 is 1.26. The van der Waals surface area contributed by atoms with E-state index < -0.39 is 0 Å². The third-order valence-electron chi connectivity index (χ3n) is 1.45. The van der Waals surface area contributed by atoms with Crippen molar-refractivity contribution in [3.63, 3.8) is 0 Å². The first-order valence-electron chi connectivity index (χ1n) is 4.01. The molecule has 1 N–H and O–H groups in total. The minimum absolute atomic E-state index is 0.213. The number of carbonyl (C=O) groups excluding carboxylic acids is 1. The van der Waals surface area contributed by atoms with Gasteiger partial charge >= 0.3 is 5.69 Å². The molecule has 5 nitrogen and oxygen atoms in total. The Balaban J connectivity index is 2.80. The molecule has 1 heterocycles. The number of hydrogen-bond acceptors (Lipinski definition) is 4. The molecule has 6 heteroatoms. The van der Waals surface area contributed by atoms with Crippen molar-refractivity contribution in [3.05, 3.63) is 10.5 Å². The number of aromatic amines is 1. The molecule has 0 amide bonds. The van der Waals surface area contributed by atoms with Crippen molar-refractivity contribution in [1.82, 2.24) is 14.8 Å². The third kappa shape index (κ3) is 2.45. The zero-order valence-corrected chi connectivity index (χ0v) is 8.13. The molecule has 13 heavy (non-hydrogen) atoms. The zero-order valence-electron chi connectivity index (χ0n) is 7.32. The maximum atomic E-state index is 11.1. The number of hydrogen-bond donors (Lipinski definition) is 1. The number of H-pyrrole nitrogens is 1. The fourth-order valence-electron chi connectivity index (χ4n) is 0.943. The van der Waals surface area contributed by atoms with Crippen molar-refractivity contribution in [2.24, 2.45) is 0 Å². The molecule has 0 atom stereocenters. The van der Waals surface area contributed by atoms with Crippen molar-refractivity contribution >= 4 is 18.0 Å². The van der Waals surface area contributed by atoms with Gasteiger partial charge in [0.25, 0.3) is 0 Å². The number of thioether (sulfide) groups is 1. The lowest BCUT2D eigenvalue weighted by Gasteiger charge is -1.99. The van der Waals surface area contributed by atoms with Crippen LogP contribution in [0.3, 0.4) is 0 Å². The minimum atomic E-state index is -0.213. The summed E-state index contributed by atoms with van der Waals surface area (Å²) in [5.41, 5.74) is -0.213. The molecule has 0 aliphatic carbocycles. The average molecular weight is 201 g/mol. The van der Waals surface area contributed by atoms with Crippen LogP contribution in [-0.4, -0.2) is 26.8 Å². The predicted molar refractivity (Wildman–Crippen MR) is 49.9 cm³/mol. The Morgan fingerprint density at radius 3 is 3.08 bits per heavy atom. The summed E-state index contributed by atoms with van der Waals surface area (Å²) in [5, 5.41) is 6.74. The van der Waals surface area contributed by atoms with Crippen LogP contribution in [0, 0.1) is 0 Å². The maximum absolute atomic E-state index is 11.1. The van der Waals surface area contributed by atoms with Crippen LogP contribution in [0.4, 0.5) is 0 Å². The van der Waals surface area contributed by atoms with Crippen LogP contribution in [0.15, 0.2) is 9.95 Å². The van der Waals surface area contributed by atoms with Crippen LogP contribution in [0.5, 0.6) is 0 Å². The lowest BCUT2D eigenvalue weighted by Crippen LogP contribution is -2.17. The predicted octanol–water partition coefficient (Wildman–Crippen LogP) is 0.272. The van der Waals surface area contributed by atoms with Gasteiger partial charge in [0.2, 0.25) is 0 Å². The molecule has 0 saturated carbocycles. The van der Waals surface area contributed by atoms with Crippen LogP contribution in [0.1, 0.15) is 13.3 Å². The number of rotatable bonds is 5. The van der Waals surface area contributed by atoms with Crippen molar-refractivity contribution < 1.29 is 4.79 Å². The Bertz CT molecular complexity index is 331. The minimum Gasteiger partial charge on any atom is -0.302 e. The molecule has 0 aromatic carbocycles. The normalized spacial score (nSPS) is 10.2. The van der Waals surface area contributed by atoms with Crippen LogP contribution in [0.2, 0.25) is 0 Å². The van der Waals surface area contributed by atoms with Crippen molar-refractivity contribution in [3.8, 4) is 0 Å². The van der Waals surface area contributed by atoms with E-state index in [-0.39, 0.29) is 5.69 Å². The maximum Gasteiger partial charge on any atom is 0.343 e. The number of aromatic nitrogens is 3. The number of nitrogens with one attached hydrogen (secondary N) is 1. The Hall–Kier alpha value is -1.04. The van der Waals surface area contributed by atoms with E-state index in [0.29, 0.717) is 17.5 Å². The van der Waals surface area contributed by atoms with E-state index in [1.54, 1.807) is 0 Å². The second kappa shape index (κ2) is 4.86. The fourth-order valence-corrected chi connectivity index (χ4v) is 1.60. The van der Waals surface area contributed by atoms with E-state index in [4.69, 9.17) is 0 Å². The third-order valence-corrected chi connectivity index (χ3v) is 2.32. The summed E-state index contributed by atoms with van der Waals surface area (Å²) in [5.74, 6) is 0.327. The highest BCUT2D eigenvalue weighted by atomic mass is 32.2. The van der Waals surface area contributed by atoms with Gasteiger partial charge in [-0.1, -0.05) is 18.7 Å². The molecule has 0 spiro atoms. The topological polar surface area (TPSA) is 67.8 Å². The highest BCUT2D eigenvalue weighted by Crippen LogP contribution is 2.11. The first kappa shape index (κ1) is 10.0. The highest BCUT2D eigenvalue weighted by Gasteiger charge is 2.06. The van der Waals surface area contributed by atoms with Gasteiger partial charge in [0.05, 0.1) is 5.75 Å². The van der Waals surface area contributed by atoms with Crippen LogP contribution in [0.25, 0.3) is 0 Å². The van der Waals surface area contributed by atoms with E-state index in [2.05, 4.69) is 10.2 Å². The standard InChI is InChI=1S/C7H11N3O2S/c1-2-3-10-6(12)8-9-7(10)13-5-4-11/h4H,2-3,5H2,1H3,(H,8,12). The first-order chi connectivity index (χ1) is 6.29. The largest absolute Gasteiger partial charge is 0.343 e. The lowest BCUT2D eigenvalue weighted by molar-refractivity contribution is -0.105. The summed E-state index contributed by atoms with van der Waals surface area (Å²) in [6.45, 7) is 2.62. The van der Waals surface area contributed by atoms with Gasteiger partial charge in [-0.15, -0.1) is 5.10 Å². The second-order valence-electron chi connectivity index (χ2n) is 2.44. The molecular formula is C7H11N3O2S. The van der Waals surface area contributed by atoms with E-state index in [1.807, 2.05) is 6.92 Å². The van der Waals surface area contributed by atoms with Gasteiger partial charge in [0, 0.05) is 6.54 Å². The summed E-state index contributed by atoms with van der Waals surface area (Å²) in [6, 6.07) is 0. The Morgan fingerprint density at radius 2 is 2.46 bits per heavy atom. The summed E-state index contributed by atoms with van der Waals surface area (Å²) in [4.78, 5) is 21.2. The Labute approximate surface area is 79.5 Å². The Kier molecular flexibility index (Phi) is 3.75. The van der Waals surface area contributed by atoms with Gasteiger partial charge in [-0.3, -0.25) is 4.57 Å². The highest BCUT2D eigenvalue weighted by molar-refractivity contribution is 7.99. The molecular weight excluding hydrogens is 190 g/mol. The molecule has 0 fully saturated rings. The molecule has 1 aromatic heterocycles. The second-order valence-corrected chi connectivity index (χ2v) is 3.43.